The lowest BCUT2D eigenvalue weighted by Gasteiger charge is -2.26. The fourth-order valence-corrected chi connectivity index (χ4v) is 4.09. The van der Waals surface area contributed by atoms with E-state index in [-0.39, 0.29) is 11.9 Å². The van der Waals surface area contributed by atoms with Gasteiger partial charge in [-0.15, -0.1) is 0 Å². The van der Waals surface area contributed by atoms with E-state index in [2.05, 4.69) is 12.1 Å². The molecule has 0 spiro atoms. The number of benzene rings is 2. The molecule has 1 aliphatic rings. The molecule has 2 atom stereocenters. The van der Waals surface area contributed by atoms with Crippen LogP contribution in [0.1, 0.15) is 24.2 Å². The van der Waals surface area contributed by atoms with E-state index in [0.717, 1.165) is 36.5 Å². The molecule has 1 saturated heterocycles. The molecular weight excluding hydrogens is 375 g/mol. The molecule has 7 heteroatoms. The summed E-state index contributed by atoms with van der Waals surface area (Å²) in [6.45, 7) is 2.32. The molecule has 1 unspecified atom stereocenters. The Morgan fingerprint density at radius 1 is 1.14 bits per heavy atom. The average molecular weight is 400 g/mol. The van der Waals surface area contributed by atoms with Crippen LogP contribution < -0.4 is 4.90 Å². The van der Waals surface area contributed by atoms with Crippen LogP contribution in [0.2, 0.25) is 0 Å². The second kappa shape index (κ2) is 8.34. The highest BCUT2D eigenvalue weighted by atomic mass is 32.1. The first-order valence-electron chi connectivity index (χ1n) is 9.60. The molecule has 1 fully saturated rings. The van der Waals surface area contributed by atoms with Crippen LogP contribution in [-0.4, -0.2) is 38.6 Å². The topological polar surface area (TPSA) is 47.4 Å². The summed E-state index contributed by atoms with van der Waals surface area (Å²) in [7, 11) is 0. The SMILES string of the molecule is O[C@@H]1CCC[NH+](Cn2nc(Cc3ccccc3)n(-c3ccc(F)cc3)c2=S)C1. The van der Waals surface area contributed by atoms with Crippen LogP contribution in [-0.2, 0) is 13.1 Å². The maximum absolute atomic E-state index is 13.4. The maximum Gasteiger partial charge on any atom is 0.207 e. The number of nitrogens with one attached hydrogen (secondary N) is 1. The first kappa shape index (κ1) is 19.0. The van der Waals surface area contributed by atoms with Crippen LogP contribution in [0, 0.1) is 10.6 Å². The molecule has 2 aromatic carbocycles. The van der Waals surface area contributed by atoms with Crippen molar-refractivity contribution in [3.8, 4) is 5.69 Å². The summed E-state index contributed by atoms with van der Waals surface area (Å²) < 4.78 is 17.8. The van der Waals surface area contributed by atoms with Crippen molar-refractivity contribution < 1.29 is 14.4 Å². The van der Waals surface area contributed by atoms with E-state index in [1.54, 1.807) is 12.1 Å². The minimum absolute atomic E-state index is 0.263. The van der Waals surface area contributed by atoms with Crippen molar-refractivity contribution >= 4 is 12.2 Å². The van der Waals surface area contributed by atoms with E-state index in [0.29, 0.717) is 24.4 Å². The molecule has 28 heavy (non-hydrogen) atoms. The number of rotatable bonds is 5. The number of hydrogen-bond donors (Lipinski definition) is 2. The number of piperidine rings is 1. The molecule has 146 valence electrons. The minimum atomic E-state index is -0.279. The summed E-state index contributed by atoms with van der Waals surface area (Å²) in [5, 5.41) is 14.8. The summed E-state index contributed by atoms with van der Waals surface area (Å²) >= 11 is 5.74. The molecule has 0 bridgehead atoms. The lowest BCUT2D eigenvalue weighted by Crippen LogP contribution is -3.13. The number of hydrogen-bond acceptors (Lipinski definition) is 3. The van der Waals surface area contributed by atoms with Crippen LogP contribution in [0.5, 0.6) is 0 Å². The van der Waals surface area contributed by atoms with Gasteiger partial charge in [-0.3, -0.25) is 4.57 Å². The van der Waals surface area contributed by atoms with Crippen LogP contribution in [0.15, 0.2) is 54.6 Å². The van der Waals surface area contributed by atoms with Crippen molar-refractivity contribution in [3.63, 3.8) is 0 Å². The Kier molecular flexibility index (Phi) is 5.66. The summed E-state index contributed by atoms with van der Waals surface area (Å²) in [6, 6.07) is 16.4. The average Bonchev–Trinajstić information content (AvgIpc) is 2.98. The zero-order valence-electron chi connectivity index (χ0n) is 15.6. The highest BCUT2D eigenvalue weighted by Crippen LogP contribution is 2.16. The third kappa shape index (κ3) is 4.22. The molecule has 2 N–H and O–H groups in total. The standard InChI is InChI=1S/C21H23FN4OS/c22-17-8-10-18(11-9-17)26-20(13-16-5-2-1-3-6-16)23-25(21(26)28)15-24-12-4-7-19(27)14-24/h1-3,5-6,8-11,19,27H,4,7,12-15H2/p+1/t19-/m1/s1. The molecular formula is C21H24FN4OS+. The van der Waals surface area contributed by atoms with E-state index in [9.17, 15) is 9.50 Å². The number of likely N-dealkylation sites (tertiary alicyclic amines) is 1. The fraction of sp³-hybridized carbons (Fsp3) is 0.333. The zero-order valence-corrected chi connectivity index (χ0v) is 16.4. The largest absolute Gasteiger partial charge is 0.387 e. The highest BCUT2D eigenvalue weighted by molar-refractivity contribution is 7.71. The van der Waals surface area contributed by atoms with Gasteiger partial charge in [0.15, 0.2) is 6.67 Å². The molecule has 1 aromatic heterocycles. The van der Waals surface area contributed by atoms with Crippen molar-refractivity contribution in [3.05, 3.63) is 76.6 Å². The van der Waals surface area contributed by atoms with Gasteiger partial charge in [0, 0.05) is 12.1 Å². The summed E-state index contributed by atoms with van der Waals surface area (Å²) in [6.07, 6.45) is 2.23. The quantitative estimate of drug-likeness (QED) is 0.647. The molecule has 0 amide bonds. The Morgan fingerprint density at radius 3 is 2.61 bits per heavy atom. The second-order valence-corrected chi connectivity index (χ2v) is 7.70. The van der Waals surface area contributed by atoms with Gasteiger partial charge in [0.1, 0.15) is 24.3 Å². The van der Waals surface area contributed by atoms with Gasteiger partial charge in [0.25, 0.3) is 0 Å². The summed E-state index contributed by atoms with van der Waals surface area (Å²) in [5.41, 5.74) is 1.94. The van der Waals surface area contributed by atoms with E-state index < -0.39 is 0 Å². The third-order valence-electron chi connectivity index (χ3n) is 5.16. The normalized spacial score (nSPS) is 19.6. The number of halogens is 1. The molecule has 5 nitrogen and oxygen atoms in total. The Morgan fingerprint density at radius 2 is 1.89 bits per heavy atom. The smallest absolute Gasteiger partial charge is 0.207 e. The van der Waals surface area contributed by atoms with Crippen molar-refractivity contribution in [2.75, 3.05) is 13.1 Å². The first-order chi connectivity index (χ1) is 13.6. The Balaban J connectivity index is 1.70. The molecule has 4 rings (SSSR count). The monoisotopic (exact) mass is 399 g/mol. The van der Waals surface area contributed by atoms with Gasteiger partial charge in [-0.25, -0.2) is 4.39 Å². The van der Waals surface area contributed by atoms with Gasteiger partial charge in [-0.1, -0.05) is 30.3 Å². The molecule has 3 aromatic rings. The summed E-state index contributed by atoms with van der Waals surface area (Å²) in [4.78, 5) is 1.27. The minimum Gasteiger partial charge on any atom is -0.387 e. The molecule has 0 aliphatic carbocycles. The predicted molar refractivity (Wildman–Crippen MR) is 108 cm³/mol. The van der Waals surface area contributed by atoms with Crippen molar-refractivity contribution in [1.82, 2.24) is 14.3 Å². The van der Waals surface area contributed by atoms with Gasteiger partial charge >= 0.3 is 0 Å². The third-order valence-corrected chi connectivity index (χ3v) is 5.55. The lowest BCUT2D eigenvalue weighted by atomic mass is 10.1. The lowest BCUT2D eigenvalue weighted by molar-refractivity contribution is -0.931. The molecule has 2 heterocycles. The van der Waals surface area contributed by atoms with E-state index in [1.165, 1.54) is 17.0 Å². The highest BCUT2D eigenvalue weighted by Gasteiger charge is 2.23. The molecule has 0 radical (unpaired) electrons. The van der Waals surface area contributed by atoms with Gasteiger partial charge in [-0.2, -0.15) is 9.78 Å². The number of aliphatic hydroxyl groups excluding tert-OH is 1. The van der Waals surface area contributed by atoms with Gasteiger partial charge in [0.05, 0.1) is 6.54 Å². The van der Waals surface area contributed by atoms with Crippen LogP contribution in [0.25, 0.3) is 5.69 Å². The Bertz CT molecular complexity index is 984. The zero-order chi connectivity index (χ0) is 19.5. The maximum atomic E-state index is 13.4. The van der Waals surface area contributed by atoms with E-state index in [1.807, 2.05) is 27.4 Å². The van der Waals surface area contributed by atoms with Crippen LogP contribution in [0.3, 0.4) is 0 Å². The van der Waals surface area contributed by atoms with Crippen molar-refractivity contribution in [1.29, 1.82) is 0 Å². The van der Waals surface area contributed by atoms with Gasteiger partial charge in [-0.05, 0) is 54.9 Å². The predicted octanol–water partition coefficient (Wildman–Crippen LogP) is 2.13. The van der Waals surface area contributed by atoms with Crippen molar-refractivity contribution in [2.45, 2.75) is 32.0 Å². The second-order valence-electron chi connectivity index (χ2n) is 7.33. The summed E-state index contributed by atoms with van der Waals surface area (Å²) in [5.74, 6) is 0.541. The Hall–Kier alpha value is -2.35. The number of aromatic nitrogens is 3. The Labute approximate surface area is 168 Å². The first-order valence-corrected chi connectivity index (χ1v) is 10.0. The fourth-order valence-electron chi connectivity index (χ4n) is 3.78. The number of aliphatic hydroxyl groups is 1. The van der Waals surface area contributed by atoms with Gasteiger partial charge < -0.3 is 10.0 Å². The number of quaternary nitrogens is 1. The van der Waals surface area contributed by atoms with Crippen molar-refractivity contribution in [2.24, 2.45) is 0 Å². The van der Waals surface area contributed by atoms with E-state index >= 15 is 0 Å². The number of nitrogens with zero attached hydrogens (tertiary/aromatic N) is 3. The van der Waals surface area contributed by atoms with E-state index in [4.69, 9.17) is 17.3 Å². The van der Waals surface area contributed by atoms with Crippen LogP contribution in [0.4, 0.5) is 4.39 Å². The molecule has 1 aliphatic heterocycles. The van der Waals surface area contributed by atoms with Crippen LogP contribution >= 0.6 is 12.2 Å². The molecule has 0 saturated carbocycles. The van der Waals surface area contributed by atoms with Gasteiger partial charge in [0.2, 0.25) is 4.77 Å².